The Morgan fingerprint density at radius 3 is 2.48 bits per heavy atom. The molecule has 3 rings (SSSR count). The Morgan fingerprint density at radius 1 is 1.09 bits per heavy atom. The number of aryl methyl sites for hydroxylation is 1. The highest BCUT2D eigenvalue weighted by atomic mass is 16.2. The second kappa shape index (κ2) is 6.48. The first-order valence-electron chi connectivity index (χ1n) is 7.54. The molecule has 0 aliphatic heterocycles. The standard InChI is InChI=1S/C19H19N3O/c1-15-8-10-16(11-9-15)13-21(2)19(23)18-12-20-14-22(18)17-6-4-3-5-7-17/h3-12,14H,13H2,1-2H3. The van der Waals surface area contributed by atoms with E-state index in [1.165, 1.54) is 5.56 Å². The van der Waals surface area contributed by atoms with E-state index in [0.29, 0.717) is 12.2 Å². The number of benzene rings is 2. The number of para-hydroxylation sites is 1. The number of carbonyl (C=O) groups is 1. The van der Waals surface area contributed by atoms with Crippen molar-refractivity contribution < 1.29 is 4.79 Å². The van der Waals surface area contributed by atoms with Crippen LogP contribution < -0.4 is 0 Å². The minimum absolute atomic E-state index is 0.0491. The molecule has 0 atom stereocenters. The summed E-state index contributed by atoms with van der Waals surface area (Å²) in [5, 5.41) is 0. The van der Waals surface area contributed by atoms with Crippen LogP contribution in [0.2, 0.25) is 0 Å². The molecule has 0 unspecified atom stereocenters. The Bertz CT molecular complexity index is 791. The number of nitrogens with zero attached hydrogens (tertiary/aromatic N) is 3. The molecule has 0 N–H and O–H groups in total. The number of carbonyl (C=O) groups excluding carboxylic acids is 1. The monoisotopic (exact) mass is 305 g/mol. The Balaban J connectivity index is 1.81. The molecule has 0 saturated heterocycles. The maximum Gasteiger partial charge on any atom is 0.272 e. The molecule has 0 aliphatic carbocycles. The Labute approximate surface area is 136 Å². The van der Waals surface area contributed by atoms with Crippen LogP contribution in [0, 0.1) is 6.92 Å². The molecule has 0 spiro atoms. The lowest BCUT2D eigenvalue weighted by molar-refractivity contribution is 0.0777. The van der Waals surface area contributed by atoms with Crippen molar-refractivity contribution in [3.63, 3.8) is 0 Å². The van der Waals surface area contributed by atoms with Gasteiger partial charge in [0.15, 0.2) is 0 Å². The fourth-order valence-electron chi connectivity index (χ4n) is 2.48. The zero-order chi connectivity index (χ0) is 16.2. The van der Waals surface area contributed by atoms with Gasteiger partial charge in [0.1, 0.15) is 5.69 Å². The van der Waals surface area contributed by atoms with E-state index in [-0.39, 0.29) is 5.91 Å². The van der Waals surface area contributed by atoms with Crippen molar-refractivity contribution >= 4 is 5.91 Å². The third-order valence-corrected chi connectivity index (χ3v) is 3.78. The van der Waals surface area contributed by atoms with Gasteiger partial charge in [-0.25, -0.2) is 4.98 Å². The summed E-state index contributed by atoms with van der Waals surface area (Å²) in [4.78, 5) is 18.6. The smallest absolute Gasteiger partial charge is 0.272 e. The zero-order valence-corrected chi connectivity index (χ0v) is 13.3. The van der Waals surface area contributed by atoms with Crippen LogP contribution in [0.3, 0.4) is 0 Å². The van der Waals surface area contributed by atoms with Crippen LogP contribution >= 0.6 is 0 Å². The number of aromatic nitrogens is 2. The van der Waals surface area contributed by atoms with Crippen molar-refractivity contribution in [1.82, 2.24) is 14.5 Å². The molecule has 0 radical (unpaired) electrons. The highest BCUT2D eigenvalue weighted by Gasteiger charge is 2.17. The van der Waals surface area contributed by atoms with Gasteiger partial charge in [-0.05, 0) is 24.6 Å². The van der Waals surface area contributed by atoms with Crippen molar-refractivity contribution in [2.75, 3.05) is 7.05 Å². The van der Waals surface area contributed by atoms with Gasteiger partial charge in [0.2, 0.25) is 0 Å². The molecule has 1 heterocycles. The first-order valence-corrected chi connectivity index (χ1v) is 7.54. The molecule has 0 fully saturated rings. The highest BCUT2D eigenvalue weighted by Crippen LogP contribution is 2.14. The Kier molecular flexibility index (Phi) is 4.24. The van der Waals surface area contributed by atoms with Gasteiger partial charge in [0, 0.05) is 19.3 Å². The third-order valence-electron chi connectivity index (χ3n) is 3.78. The second-order valence-electron chi connectivity index (χ2n) is 5.63. The molecule has 3 aromatic rings. The Morgan fingerprint density at radius 2 is 1.78 bits per heavy atom. The second-order valence-corrected chi connectivity index (χ2v) is 5.63. The van der Waals surface area contributed by atoms with E-state index in [2.05, 4.69) is 24.0 Å². The molecule has 0 aliphatic rings. The minimum Gasteiger partial charge on any atom is -0.336 e. The van der Waals surface area contributed by atoms with Crippen molar-refractivity contribution in [2.45, 2.75) is 13.5 Å². The molecule has 4 heteroatoms. The SMILES string of the molecule is Cc1ccc(CN(C)C(=O)c2cncn2-c2ccccc2)cc1. The van der Waals surface area contributed by atoms with E-state index in [4.69, 9.17) is 0 Å². The van der Waals surface area contributed by atoms with E-state index in [9.17, 15) is 4.79 Å². The van der Waals surface area contributed by atoms with E-state index in [1.807, 2.05) is 54.1 Å². The van der Waals surface area contributed by atoms with Crippen LogP contribution in [0.25, 0.3) is 5.69 Å². The summed E-state index contributed by atoms with van der Waals surface area (Å²) in [6.07, 6.45) is 3.28. The largest absolute Gasteiger partial charge is 0.336 e. The van der Waals surface area contributed by atoms with E-state index < -0.39 is 0 Å². The van der Waals surface area contributed by atoms with Gasteiger partial charge in [0.05, 0.1) is 12.5 Å². The summed E-state index contributed by atoms with van der Waals surface area (Å²) >= 11 is 0. The predicted octanol–water partition coefficient (Wildman–Crippen LogP) is 3.45. The Hall–Kier alpha value is -2.88. The number of amides is 1. The minimum atomic E-state index is -0.0491. The molecular weight excluding hydrogens is 286 g/mol. The van der Waals surface area contributed by atoms with Gasteiger partial charge in [-0.1, -0.05) is 48.0 Å². The fourth-order valence-corrected chi connectivity index (χ4v) is 2.48. The van der Waals surface area contributed by atoms with Crippen LogP contribution in [0.5, 0.6) is 0 Å². The fraction of sp³-hybridized carbons (Fsp3) is 0.158. The van der Waals surface area contributed by atoms with Gasteiger partial charge in [-0.3, -0.25) is 9.36 Å². The summed E-state index contributed by atoms with van der Waals surface area (Å²) in [6, 6.07) is 18.0. The molecule has 23 heavy (non-hydrogen) atoms. The first kappa shape index (κ1) is 15.0. The average molecular weight is 305 g/mol. The lowest BCUT2D eigenvalue weighted by Crippen LogP contribution is -2.28. The number of imidazole rings is 1. The van der Waals surface area contributed by atoms with Gasteiger partial charge in [0.25, 0.3) is 5.91 Å². The maximum absolute atomic E-state index is 12.7. The van der Waals surface area contributed by atoms with Crippen LogP contribution in [-0.4, -0.2) is 27.4 Å². The quantitative estimate of drug-likeness (QED) is 0.740. The first-order chi connectivity index (χ1) is 11.1. The zero-order valence-electron chi connectivity index (χ0n) is 13.3. The van der Waals surface area contributed by atoms with Crippen molar-refractivity contribution in [3.8, 4) is 5.69 Å². The summed E-state index contributed by atoms with van der Waals surface area (Å²) in [6.45, 7) is 2.62. The molecule has 116 valence electrons. The van der Waals surface area contributed by atoms with Gasteiger partial charge in [-0.2, -0.15) is 0 Å². The van der Waals surface area contributed by atoms with E-state index in [1.54, 1.807) is 17.4 Å². The topological polar surface area (TPSA) is 38.1 Å². The van der Waals surface area contributed by atoms with Gasteiger partial charge < -0.3 is 4.90 Å². The van der Waals surface area contributed by atoms with Crippen LogP contribution in [0.1, 0.15) is 21.6 Å². The molecular formula is C19H19N3O. The lowest BCUT2D eigenvalue weighted by Gasteiger charge is -2.18. The highest BCUT2D eigenvalue weighted by molar-refractivity contribution is 5.92. The molecule has 0 saturated carbocycles. The molecule has 1 aromatic heterocycles. The summed E-state index contributed by atoms with van der Waals surface area (Å²) in [5.74, 6) is -0.0491. The van der Waals surface area contributed by atoms with E-state index >= 15 is 0 Å². The van der Waals surface area contributed by atoms with Crippen LogP contribution in [0.15, 0.2) is 67.1 Å². The molecule has 4 nitrogen and oxygen atoms in total. The number of rotatable bonds is 4. The van der Waals surface area contributed by atoms with Crippen LogP contribution in [-0.2, 0) is 6.54 Å². The number of hydrogen-bond acceptors (Lipinski definition) is 2. The van der Waals surface area contributed by atoms with E-state index in [0.717, 1.165) is 11.3 Å². The summed E-state index contributed by atoms with van der Waals surface area (Å²) in [5.41, 5.74) is 3.81. The average Bonchev–Trinajstić information content (AvgIpc) is 3.06. The van der Waals surface area contributed by atoms with Crippen molar-refractivity contribution in [1.29, 1.82) is 0 Å². The van der Waals surface area contributed by atoms with Gasteiger partial charge in [-0.15, -0.1) is 0 Å². The van der Waals surface area contributed by atoms with Crippen molar-refractivity contribution in [2.24, 2.45) is 0 Å². The molecule has 0 bridgehead atoms. The van der Waals surface area contributed by atoms with Crippen molar-refractivity contribution in [3.05, 3.63) is 83.9 Å². The summed E-state index contributed by atoms with van der Waals surface area (Å²) in [7, 11) is 1.81. The molecule has 1 amide bonds. The van der Waals surface area contributed by atoms with Crippen LogP contribution in [0.4, 0.5) is 0 Å². The summed E-state index contributed by atoms with van der Waals surface area (Å²) < 4.78 is 1.81. The van der Waals surface area contributed by atoms with Gasteiger partial charge >= 0.3 is 0 Å². The lowest BCUT2D eigenvalue weighted by atomic mass is 10.1. The normalized spacial score (nSPS) is 10.5. The number of hydrogen-bond donors (Lipinski definition) is 0. The predicted molar refractivity (Wildman–Crippen MR) is 90.5 cm³/mol. The maximum atomic E-state index is 12.7. The molecule has 2 aromatic carbocycles. The third kappa shape index (κ3) is 3.31.